The van der Waals surface area contributed by atoms with Crippen LogP contribution in [0.25, 0.3) is 0 Å². The molecule has 14 heavy (non-hydrogen) atoms. The zero-order chi connectivity index (χ0) is 10.3. The van der Waals surface area contributed by atoms with Gasteiger partial charge in [-0.25, -0.2) is 0 Å². The molecule has 0 aliphatic carbocycles. The molecule has 0 saturated heterocycles. The molecule has 0 fully saturated rings. The Balaban J connectivity index is 2.58. The second-order valence-electron chi connectivity index (χ2n) is 4.81. The van der Waals surface area contributed by atoms with E-state index in [1.165, 1.54) is 16.7 Å². The molecule has 1 aromatic carbocycles. The highest BCUT2D eigenvalue weighted by atomic mass is 16.5. The van der Waals surface area contributed by atoms with Gasteiger partial charge in [0.15, 0.2) is 0 Å². The van der Waals surface area contributed by atoms with E-state index in [1.807, 2.05) is 0 Å². The summed E-state index contributed by atoms with van der Waals surface area (Å²) in [6, 6.07) is 4.48. The predicted molar refractivity (Wildman–Crippen MR) is 59.1 cm³/mol. The summed E-state index contributed by atoms with van der Waals surface area (Å²) in [5.74, 6) is 1.10. The van der Waals surface area contributed by atoms with Crippen molar-refractivity contribution in [3.05, 3.63) is 28.8 Å². The van der Waals surface area contributed by atoms with Crippen LogP contribution >= 0.6 is 0 Å². The lowest BCUT2D eigenvalue weighted by atomic mass is 9.83. The Kier molecular flexibility index (Phi) is 2.06. The van der Waals surface area contributed by atoms with Gasteiger partial charge in [-0.15, -0.1) is 0 Å². The van der Waals surface area contributed by atoms with Crippen LogP contribution in [0.4, 0.5) is 0 Å². The van der Waals surface area contributed by atoms with E-state index in [0.29, 0.717) is 0 Å². The Morgan fingerprint density at radius 3 is 2.71 bits per heavy atom. The van der Waals surface area contributed by atoms with Gasteiger partial charge >= 0.3 is 0 Å². The molecule has 0 bridgehead atoms. The summed E-state index contributed by atoms with van der Waals surface area (Å²) in [4.78, 5) is 0. The van der Waals surface area contributed by atoms with Gasteiger partial charge in [0.05, 0.1) is 6.61 Å². The molecule has 1 aromatic rings. The minimum Gasteiger partial charge on any atom is -0.492 e. The number of fused-ring (bicyclic) bond motifs is 1. The quantitative estimate of drug-likeness (QED) is 0.660. The van der Waals surface area contributed by atoms with Crippen molar-refractivity contribution in [3.63, 3.8) is 0 Å². The van der Waals surface area contributed by atoms with Crippen molar-refractivity contribution in [2.45, 2.75) is 39.5 Å². The van der Waals surface area contributed by atoms with Gasteiger partial charge in [-0.2, -0.15) is 0 Å². The fourth-order valence-corrected chi connectivity index (χ4v) is 2.34. The lowest BCUT2D eigenvalue weighted by Gasteiger charge is -2.17. The van der Waals surface area contributed by atoms with Crippen LogP contribution in [0.5, 0.6) is 5.75 Å². The van der Waals surface area contributed by atoms with Crippen LogP contribution in [0.3, 0.4) is 0 Å². The Morgan fingerprint density at radius 2 is 2.07 bits per heavy atom. The standard InChI is InChI=1S/C13H18O/c1-5-10-6-9(2)12-11(7-10)14-8-13(12,3)4/h6-7H,5,8H2,1-4H3. The predicted octanol–water partition coefficient (Wildman–Crippen LogP) is 3.23. The van der Waals surface area contributed by atoms with E-state index in [0.717, 1.165) is 18.8 Å². The topological polar surface area (TPSA) is 9.23 Å². The van der Waals surface area contributed by atoms with Crippen LogP contribution in [0.2, 0.25) is 0 Å². The Hall–Kier alpha value is -0.980. The molecule has 0 aromatic heterocycles. The zero-order valence-corrected chi connectivity index (χ0v) is 9.48. The molecule has 2 rings (SSSR count). The summed E-state index contributed by atoms with van der Waals surface area (Å²) in [6.45, 7) is 9.68. The third-order valence-electron chi connectivity index (χ3n) is 3.03. The molecule has 0 spiro atoms. The van der Waals surface area contributed by atoms with Crippen molar-refractivity contribution in [1.29, 1.82) is 0 Å². The van der Waals surface area contributed by atoms with Gasteiger partial charge in [0.25, 0.3) is 0 Å². The third-order valence-corrected chi connectivity index (χ3v) is 3.03. The van der Waals surface area contributed by atoms with Gasteiger partial charge < -0.3 is 4.74 Å². The van der Waals surface area contributed by atoms with Gasteiger partial charge in [0, 0.05) is 11.0 Å². The van der Waals surface area contributed by atoms with Gasteiger partial charge in [0.1, 0.15) is 5.75 Å². The smallest absolute Gasteiger partial charge is 0.123 e. The van der Waals surface area contributed by atoms with Crippen molar-refractivity contribution in [2.24, 2.45) is 0 Å². The van der Waals surface area contributed by atoms with Crippen molar-refractivity contribution in [2.75, 3.05) is 6.61 Å². The van der Waals surface area contributed by atoms with Crippen LogP contribution < -0.4 is 4.74 Å². The second-order valence-corrected chi connectivity index (χ2v) is 4.81. The fourth-order valence-electron chi connectivity index (χ4n) is 2.34. The van der Waals surface area contributed by atoms with Gasteiger partial charge in [0.2, 0.25) is 0 Å². The molecule has 0 radical (unpaired) electrons. The number of ether oxygens (including phenoxy) is 1. The number of aryl methyl sites for hydroxylation is 2. The molecule has 76 valence electrons. The summed E-state index contributed by atoms with van der Waals surface area (Å²) in [5, 5.41) is 0. The van der Waals surface area contributed by atoms with E-state index in [2.05, 4.69) is 39.8 Å². The molecule has 0 saturated carbocycles. The summed E-state index contributed by atoms with van der Waals surface area (Å²) >= 11 is 0. The molecular formula is C13H18O. The average molecular weight is 190 g/mol. The first kappa shape index (κ1) is 9.57. The summed E-state index contributed by atoms with van der Waals surface area (Å²) in [6.07, 6.45) is 1.08. The Labute approximate surface area is 86.1 Å². The minimum atomic E-state index is 0.186. The first-order valence-corrected chi connectivity index (χ1v) is 5.31. The van der Waals surface area contributed by atoms with Crippen LogP contribution in [-0.2, 0) is 11.8 Å². The van der Waals surface area contributed by atoms with Crippen molar-refractivity contribution in [1.82, 2.24) is 0 Å². The molecular weight excluding hydrogens is 172 g/mol. The van der Waals surface area contributed by atoms with Crippen LogP contribution in [0.1, 0.15) is 37.5 Å². The SMILES string of the molecule is CCc1cc(C)c2c(c1)OCC2(C)C. The highest BCUT2D eigenvalue weighted by molar-refractivity contribution is 5.50. The molecule has 0 atom stereocenters. The Morgan fingerprint density at radius 1 is 1.36 bits per heavy atom. The van der Waals surface area contributed by atoms with E-state index in [-0.39, 0.29) is 5.41 Å². The summed E-state index contributed by atoms with van der Waals surface area (Å²) in [5.41, 5.74) is 4.33. The summed E-state index contributed by atoms with van der Waals surface area (Å²) in [7, 11) is 0. The highest BCUT2D eigenvalue weighted by Crippen LogP contribution is 2.41. The monoisotopic (exact) mass is 190 g/mol. The number of hydrogen-bond donors (Lipinski definition) is 0. The molecule has 0 N–H and O–H groups in total. The molecule has 1 heteroatoms. The minimum absolute atomic E-state index is 0.186. The first-order valence-electron chi connectivity index (χ1n) is 5.31. The highest BCUT2D eigenvalue weighted by Gasteiger charge is 2.33. The molecule has 1 heterocycles. The fraction of sp³-hybridized carbons (Fsp3) is 0.538. The van der Waals surface area contributed by atoms with E-state index in [9.17, 15) is 0 Å². The van der Waals surface area contributed by atoms with Crippen LogP contribution in [0.15, 0.2) is 12.1 Å². The number of rotatable bonds is 1. The maximum absolute atomic E-state index is 5.74. The zero-order valence-electron chi connectivity index (χ0n) is 9.48. The third kappa shape index (κ3) is 1.31. The first-order chi connectivity index (χ1) is 6.54. The number of hydrogen-bond acceptors (Lipinski definition) is 1. The normalized spacial score (nSPS) is 17.7. The molecule has 1 aliphatic heterocycles. The van der Waals surface area contributed by atoms with Crippen LogP contribution in [-0.4, -0.2) is 6.61 Å². The average Bonchev–Trinajstić information content (AvgIpc) is 2.42. The maximum atomic E-state index is 5.74. The van der Waals surface area contributed by atoms with E-state index in [1.54, 1.807) is 0 Å². The molecule has 0 unspecified atom stereocenters. The van der Waals surface area contributed by atoms with E-state index in [4.69, 9.17) is 4.74 Å². The van der Waals surface area contributed by atoms with Crippen molar-refractivity contribution in [3.8, 4) is 5.75 Å². The maximum Gasteiger partial charge on any atom is 0.123 e. The van der Waals surface area contributed by atoms with Gasteiger partial charge in [-0.05, 0) is 30.5 Å². The Bertz CT molecular complexity index is 364. The van der Waals surface area contributed by atoms with Crippen LogP contribution in [0, 0.1) is 6.92 Å². The lowest BCUT2D eigenvalue weighted by Crippen LogP contribution is -2.19. The van der Waals surface area contributed by atoms with E-state index >= 15 is 0 Å². The van der Waals surface area contributed by atoms with E-state index < -0.39 is 0 Å². The van der Waals surface area contributed by atoms with Gasteiger partial charge in [-0.3, -0.25) is 0 Å². The number of benzene rings is 1. The molecule has 1 aliphatic rings. The lowest BCUT2D eigenvalue weighted by molar-refractivity contribution is 0.291. The largest absolute Gasteiger partial charge is 0.492 e. The summed E-state index contributed by atoms with van der Waals surface area (Å²) < 4.78 is 5.74. The molecule has 1 nitrogen and oxygen atoms in total. The molecule has 0 amide bonds. The van der Waals surface area contributed by atoms with Crippen molar-refractivity contribution >= 4 is 0 Å². The second kappa shape index (κ2) is 3.01. The van der Waals surface area contributed by atoms with Crippen molar-refractivity contribution < 1.29 is 4.74 Å². The van der Waals surface area contributed by atoms with Gasteiger partial charge in [-0.1, -0.05) is 26.8 Å².